The summed E-state index contributed by atoms with van der Waals surface area (Å²) in [4.78, 5) is 11.2. The van der Waals surface area contributed by atoms with E-state index >= 15 is 0 Å². The van der Waals surface area contributed by atoms with Crippen molar-refractivity contribution in [1.82, 2.24) is 0 Å². The van der Waals surface area contributed by atoms with Gasteiger partial charge in [-0.15, -0.1) is 0 Å². The molecule has 0 aliphatic carbocycles. The van der Waals surface area contributed by atoms with Crippen LogP contribution < -0.4 is 0 Å². The third-order valence-corrected chi connectivity index (χ3v) is 2.14. The van der Waals surface area contributed by atoms with Crippen molar-refractivity contribution in [2.45, 2.75) is 26.2 Å². The summed E-state index contributed by atoms with van der Waals surface area (Å²) in [6, 6.07) is 10.1. The van der Waals surface area contributed by atoms with Crippen LogP contribution in [-0.2, 0) is 11.2 Å². The number of rotatable bonds is 5. The number of carbonyl (C=O) groups is 1. The van der Waals surface area contributed by atoms with Crippen LogP contribution >= 0.6 is 0 Å². The van der Waals surface area contributed by atoms with Gasteiger partial charge in [0.25, 0.3) is 0 Å². The van der Waals surface area contributed by atoms with E-state index in [0.29, 0.717) is 12.8 Å². The second-order valence-corrected chi connectivity index (χ2v) is 3.48. The topological polar surface area (TPSA) is 17.1 Å². The van der Waals surface area contributed by atoms with E-state index in [9.17, 15) is 4.79 Å². The lowest BCUT2D eigenvalue weighted by Gasteiger charge is -2.03. The molecular weight excluding hydrogens is 172 g/mol. The summed E-state index contributed by atoms with van der Waals surface area (Å²) in [6.07, 6.45) is 1.94. The minimum Gasteiger partial charge on any atom is -0.299 e. The van der Waals surface area contributed by atoms with E-state index in [4.69, 9.17) is 0 Å². The van der Waals surface area contributed by atoms with Crippen molar-refractivity contribution in [1.29, 1.82) is 0 Å². The van der Waals surface area contributed by atoms with Gasteiger partial charge < -0.3 is 0 Å². The third kappa shape index (κ3) is 3.56. The van der Waals surface area contributed by atoms with Crippen molar-refractivity contribution >= 4 is 5.78 Å². The first-order chi connectivity index (χ1) is 6.72. The predicted molar refractivity (Wildman–Crippen MR) is 59.2 cm³/mol. The van der Waals surface area contributed by atoms with Crippen LogP contribution in [0.4, 0.5) is 0 Å². The van der Waals surface area contributed by atoms with E-state index in [2.05, 4.69) is 18.7 Å². The van der Waals surface area contributed by atoms with Crippen LogP contribution in [0.15, 0.2) is 42.5 Å². The number of carbonyl (C=O) groups excluding carboxylic acids is 1. The first-order valence-corrected chi connectivity index (χ1v) is 4.94. The lowest BCUT2D eigenvalue weighted by Crippen LogP contribution is -1.99. The molecule has 1 aromatic carbocycles. The summed E-state index contributed by atoms with van der Waals surface area (Å²) in [6.45, 7) is 5.80. The van der Waals surface area contributed by atoms with E-state index < -0.39 is 0 Å². The SMILES string of the molecule is C=C(CC(=O)CC)Cc1ccccc1. The zero-order chi connectivity index (χ0) is 10.4. The molecule has 0 aliphatic rings. The molecule has 14 heavy (non-hydrogen) atoms. The highest BCUT2D eigenvalue weighted by Gasteiger charge is 2.02. The highest BCUT2D eigenvalue weighted by molar-refractivity contribution is 5.80. The van der Waals surface area contributed by atoms with Gasteiger partial charge in [-0.1, -0.05) is 49.4 Å². The molecule has 0 bridgehead atoms. The standard InChI is InChI=1S/C13H16O/c1-3-13(14)10-11(2)9-12-7-5-4-6-8-12/h4-8H,2-3,9-10H2,1H3. The summed E-state index contributed by atoms with van der Waals surface area (Å²) in [5, 5.41) is 0. The normalized spacial score (nSPS) is 9.79. The highest BCUT2D eigenvalue weighted by Crippen LogP contribution is 2.10. The number of Topliss-reactive ketones (excluding diaryl/α,β-unsaturated/α-hetero) is 1. The molecule has 0 radical (unpaired) electrons. The molecule has 0 amide bonds. The number of ketones is 1. The Morgan fingerprint density at radius 2 is 1.93 bits per heavy atom. The Labute approximate surface area is 85.5 Å². The largest absolute Gasteiger partial charge is 0.299 e. The molecule has 74 valence electrons. The van der Waals surface area contributed by atoms with Crippen molar-refractivity contribution < 1.29 is 4.79 Å². The molecule has 1 nitrogen and oxygen atoms in total. The molecule has 0 aliphatic heterocycles. The Morgan fingerprint density at radius 1 is 1.29 bits per heavy atom. The van der Waals surface area contributed by atoms with Gasteiger partial charge in [-0.2, -0.15) is 0 Å². The Balaban J connectivity index is 2.46. The third-order valence-electron chi connectivity index (χ3n) is 2.14. The Bertz CT molecular complexity index is 311. The van der Waals surface area contributed by atoms with Crippen molar-refractivity contribution in [3.8, 4) is 0 Å². The molecule has 1 aromatic rings. The summed E-state index contributed by atoms with van der Waals surface area (Å²) in [5.41, 5.74) is 2.23. The van der Waals surface area contributed by atoms with Gasteiger partial charge in [0.15, 0.2) is 0 Å². The van der Waals surface area contributed by atoms with Gasteiger partial charge in [0.05, 0.1) is 0 Å². The molecule has 0 saturated heterocycles. The molecule has 0 saturated carbocycles. The van der Waals surface area contributed by atoms with Gasteiger partial charge in [-0.25, -0.2) is 0 Å². The Kier molecular flexibility index (Phi) is 4.11. The quantitative estimate of drug-likeness (QED) is 0.649. The summed E-state index contributed by atoms with van der Waals surface area (Å²) in [5.74, 6) is 0.269. The first kappa shape index (κ1) is 10.7. The molecule has 1 heteroatoms. The minimum atomic E-state index is 0.269. The zero-order valence-corrected chi connectivity index (χ0v) is 8.62. The predicted octanol–water partition coefficient (Wildman–Crippen LogP) is 3.15. The van der Waals surface area contributed by atoms with E-state index in [1.165, 1.54) is 5.56 Å². The van der Waals surface area contributed by atoms with Crippen LogP contribution in [0.1, 0.15) is 25.3 Å². The van der Waals surface area contributed by atoms with Gasteiger partial charge in [0, 0.05) is 12.8 Å². The Morgan fingerprint density at radius 3 is 2.50 bits per heavy atom. The molecular formula is C13H16O. The fourth-order valence-corrected chi connectivity index (χ4v) is 1.35. The van der Waals surface area contributed by atoms with Gasteiger partial charge in [0.2, 0.25) is 0 Å². The number of hydrogen-bond donors (Lipinski definition) is 0. The fraction of sp³-hybridized carbons (Fsp3) is 0.308. The van der Waals surface area contributed by atoms with Crippen molar-refractivity contribution in [3.63, 3.8) is 0 Å². The molecule has 0 spiro atoms. The first-order valence-electron chi connectivity index (χ1n) is 4.94. The maximum Gasteiger partial charge on any atom is 0.136 e. The maximum atomic E-state index is 11.2. The average molecular weight is 188 g/mol. The highest BCUT2D eigenvalue weighted by atomic mass is 16.1. The van der Waals surface area contributed by atoms with Gasteiger partial charge >= 0.3 is 0 Å². The van der Waals surface area contributed by atoms with Crippen molar-refractivity contribution in [3.05, 3.63) is 48.0 Å². The maximum absolute atomic E-state index is 11.2. The summed E-state index contributed by atoms with van der Waals surface area (Å²) < 4.78 is 0. The second kappa shape index (κ2) is 5.38. The van der Waals surface area contributed by atoms with Crippen LogP contribution in [0.25, 0.3) is 0 Å². The van der Waals surface area contributed by atoms with E-state index in [-0.39, 0.29) is 5.78 Å². The smallest absolute Gasteiger partial charge is 0.136 e. The van der Waals surface area contributed by atoms with Crippen LogP contribution in [0.3, 0.4) is 0 Å². The van der Waals surface area contributed by atoms with Gasteiger partial charge in [-0.3, -0.25) is 4.79 Å². The van der Waals surface area contributed by atoms with E-state index in [1.54, 1.807) is 0 Å². The molecule has 0 unspecified atom stereocenters. The number of hydrogen-bond acceptors (Lipinski definition) is 1. The van der Waals surface area contributed by atoms with Crippen molar-refractivity contribution in [2.75, 3.05) is 0 Å². The van der Waals surface area contributed by atoms with Gasteiger partial charge in [0.1, 0.15) is 5.78 Å². The average Bonchev–Trinajstić information content (AvgIpc) is 2.19. The van der Waals surface area contributed by atoms with E-state index in [0.717, 1.165) is 12.0 Å². The summed E-state index contributed by atoms with van der Waals surface area (Å²) in [7, 11) is 0. The molecule has 0 N–H and O–H groups in total. The van der Waals surface area contributed by atoms with Gasteiger partial charge in [-0.05, 0) is 12.0 Å². The van der Waals surface area contributed by atoms with Crippen LogP contribution in [0.2, 0.25) is 0 Å². The van der Waals surface area contributed by atoms with Crippen molar-refractivity contribution in [2.24, 2.45) is 0 Å². The lowest BCUT2D eigenvalue weighted by molar-refractivity contribution is -0.118. The molecule has 0 aromatic heterocycles. The molecule has 1 rings (SSSR count). The van der Waals surface area contributed by atoms with Crippen LogP contribution in [0, 0.1) is 0 Å². The second-order valence-electron chi connectivity index (χ2n) is 3.48. The molecule has 0 fully saturated rings. The number of allylic oxidation sites excluding steroid dienone is 1. The minimum absolute atomic E-state index is 0.269. The van der Waals surface area contributed by atoms with E-state index in [1.807, 2.05) is 25.1 Å². The zero-order valence-electron chi connectivity index (χ0n) is 8.62. The molecule has 0 heterocycles. The fourth-order valence-electron chi connectivity index (χ4n) is 1.35. The Hall–Kier alpha value is -1.37. The van der Waals surface area contributed by atoms with Crippen LogP contribution in [-0.4, -0.2) is 5.78 Å². The lowest BCUT2D eigenvalue weighted by atomic mass is 10.0. The van der Waals surface area contributed by atoms with Crippen LogP contribution in [0.5, 0.6) is 0 Å². The molecule has 0 atom stereocenters. The number of benzene rings is 1. The summed E-state index contributed by atoms with van der Waals surface area (Å²) >= 11 is 0. The monoisotopic (exact) mass is 188 g/mol.